The number of carbonyl (C=O) groups excluding carboxylic acids is 1. The Morgan fingerprint density at radius 3 is 2.43 bits per heavy atom. The molecule has 0 fully saturated rings. The summed E-state index contributed by atoms with van der Waals surface area (Å²) in [6.07, 6.45) is 2.98. The molecule has 0 aromatic carbocycles. The predicted octanol–water partition coefficient (Wildman–Crippen LogP) is 1.62. The van der Waals surface area contributed by atoms with E-state index in [2.05, 4.69) is 5.32 Å². The zero-order valence-corrected chi connectivity index (χ0v) is 9.55. The molecule has 0 aliphatic rings. The lowest BCUT2D eigenvalue weighted by Gasteiger charge is -2.28. The fraction of sp³-hybridized carbons (Fsp3) is 0.727. The van der Waals surface area contributed by atoms with Crippen LogP contribution in [0, 0.1) is 0 Å². The lowest BCUT2D eigenvalue weighted by molar-refractivity contribution is -0.118. The molecule has 14 heavy (non-hydrogen) atoms. The summed E-state index contributed by atoms with van der Waals surface area (Å²) in [6, 6.07) is 0. The van der Waals surface area contributed by atoms with E-state index in [4.69, 9.17) is 5.11 Å². The number of nitrogens with one attached hydrogen (secondary N) is 1. The van der Waals surface area contributed by atoms with Gasteiger partial charge in [-0.3, -0.25) is 4.79 Å². The van der Waals surface area contributed by atoms with Gasteiger partial charge in [0.05, 0.1) is 0 Å². The summed E-state index contributed by atoms with van der Waals surface area (Å²) >= 11 is 0. The van der Waals surface area contributed by atoms with Crippen molar-refractivity contribution in [1.82, 2.24) is 5.32 Å². The largest absolute Gasteiger partial charge is 0.396 e. The van der Waals surface area contributed by atoms with Crippen molar-refractivity contribution < 1.29 is 9.90 Å². The van der Waals surface area contributed by atoms with E-state index in [1.165, 1.54) is 0 Å². The molecule has 0 saturated carbocycles. The fourth-order valence-corrected chi connectivity index (χ4v) is 1.17. The highest BCUT2D eigenvalue weighted by Gasteiger charge is 2.22. The Morgan fingerprint density at radius 2 is 2.07 bits per heavy atom. The first-order valence-corrected chi connectivity index (χ1v) is 5.01. The minimum Gasteiger partial charge on any atom is -0.396 e. The molecule has 82 valence electrons. The van der Waals surface area contributed by atoms with Crippen LogP contribution in [-0.4, -0.2) is 23.2 Å². The Morgan fingerprint density at radius 1 is 1.50 bits per heavy atom. The second-order valence-electron chi connectivity index (χ2n) is 4.10. The van der Waals surface area contributed by atoms with E-state index in [-0.39, 0.29) is 18.1 Å². The first-order valence-electron chi connectivity index (χ1n) is 5.01. The molecule has 3 nitrogen and oxygen atoms in total. The minimum absolute atomic E-state index is 0.0807. The van der Waals surface area contributed by atoms with Crippen LogP contribution in [0.15, 0.2) is 11.6 Å². The smallest absolute Gasteiger partial charge is 0.244 e. The first-order chi connectivity index (χ1) is 6.43. The summed E-state index contributed by atoms with van der Waals surface area (Å²) in [5, 5.41) is 11.8. The van der Waals surface area contributed by atoms with Gasteiger partial charge in [0.1, 0.15) is 0 Å². The number of rotatable bonds is 5. The molecule has 0 spiro atoms. The Labute approximate surface area is 86.2 Å². The zero-order chi connectivity index (χ0) is 11.2. The molecule has 0 rings (SSSR count). The fourth-order valence-electron chi connectivity index (χ4n) is 1.17. The highest BCUT2D eigenvalue weighted by atomic mass is 16.3. The molecule has 0 aromatic heterocycles. The van der Waals surface area contributed by atoms with E-state index in [9.17, 15) is 4.79 Å². The summed E-state index contributed by atoms with van der Waals surface area (Å²) in [6.45, 7) is 7.81. The van der Waals surface area contributed by atoms with Gasteiger partial charge in [0.15, 0.2) is 0 Å². The second-order valence-corrected chi connectivity index (χ2v) is 4.10. The standard InChI is InChI=1S/C11H21NO2/c1-5-11(4,6-7-13)12-10(14)8-9(2)3/h8,13H,5-7H2,1-4H3,(H,12,14). The van der Waals surface area contributed by atoms with Gasteiger partial charge in [-0.15, -0.1) is 0 Å². The van der Waals surface area contributed by atoms with Gasteiger partial charge in [0.25, 0.3) is 0 Å². The third kappa shape index (κ3) is 5.02. The number of carbonyl (C=O) groups is 1. The van der Waals surface area contributed by atoms with E-state index in [0.29, 0.717) is 6.42 Å². The van der Waals surface area contributed by atoms with Gasteiger partial charge in [-0.1, -0.05) is 12.5 Å². The molecule has 0 aliphatic carbocycles. The van der Waals surface area contributed by atoms with E-state index in [1.54, 1.807) is 6.08 Å². The molecule has 0 heterocycles. The number of amides is 1. The van der Waals surface area contributed by atoms with Crippen LogP contribution in [0.5, 0.6) is 0 Å². The van der Waals surface area contributed by atoms with Crippen LogP contribution in [0.4, 0.5) is 0 Å². The van der Waals surface area contributed by atoms with Crippen molar-refractivity contribution in [2.45, 2.75) is 46.1 Å². The van der Waals surface area contributed by atoms with Gasteiger partial charge in [-0.05, 0) is 33.6 Å². The Hall–Kier alpha value is -0.830. The average molecular weight is 199 g/mol. The van der Waals surface area contributed by atoms with Crippen molar-refractivity contribution in [3.05, 3.63) is 11.6 Å². The third-order valence-corrected chi connectivity index (χ3v) is 2.29. The van der Waals surface area contributed by atoms with Gasteiger partial charge in [-0.25, -0.2) is 0 Å². The lowest BCUT2D eigenvalue weighted by Crippen LogP contribution is -2.45. The number of aliphatic hydroxyl groups is 1. The summed E-state index contributed by atoms with van der Waals surface area (Å²) < 4.78 is 0. The second kappa shape index (κ2) is 5.81. The Bertz CT molecular complexity index is 219. The molecule has 0 aromatic rings. The van der Waals surface area contributed by atoms with Crippen molar-refractivity contribution in [2.24, 2.45) is 0 Å². The zero-order valence-electron chi connectivity index (χ0n) is 9.55. The summed E-state index contributed by atoms with van der Waals surface area (Å²) in [5.74, 6) is -0.0807. The van der Waals surface area contributed by atoms with Crippen LogP contribution in [0.1, 0.15) is 40.5 Å². The average Bonchev–Trinajstić information content (AvgIpc) is 2.02. The Balaban J connectivity index is 4.31. The minimum atomic E-state index is -0.294. The van der Waals surface area contributed by atoms with E-state index in [0.717, 1.165) is 12.0 Å². The van der Waals surface area contributed by atoms with Crippen molar-refractivity contribution >= 4 is 5.91 Å². The highest BCUT2D eigenvalue weighted by molar-refractivity contribution is 5.88. The molecule has 2 N–H and O–H groups in total. The number of hydrogen-bond donors (Lipinski definition) is 2. The highest BCUT2D eigenvalue weighted by Crippen LogP contribution is 2.13. The molecule has 1 unspecified atom stereocenters. The van der Waals surface area contributed by atoms with Gasteiger partial charge in [0.2, 0.25) is 5.91 Å². The number of aliphatic hydroxyl groups excluding tert-OH is 1. The van der Waals surface area contributed by atoms with Crippen LogP contribution in [0.25, 0.3) is 0 Å². The van der Waals surface area contributed by atoms with E-state index >= 15 is 0 Å². The maximum atomic E-state index is 11.4. The molecular formula is C11H21NO2. The monoisotopic (exact) mass is 199 g/mol. The van der Waals surface area contributed by atoms with Gasteiger partial charge in [0, 0.05) is 18.2 Å². The normalized spacial score (nSPS) is 14.4. The summed E-state index contributed by atoms with van der Waals surface area (Å²) in [7, 11) is 0. The van der Waals surface area contributed by atoms with Gasteiger partial charge < -0.3 is 10.4 Å². The van der Waals surface area contributed by atoms with E-state index in [1.807, 2.05) is 27.7 Å². The number of hydrogen-bond acceptors (Lipinski definition) is 2. The van der Waals surface area contributed by atoms with E-state index < -0.39 is 0 Å². The summed E-state index contributed by atoms with van der Waals surface area (Å²) in [5.41, 5.74) is 0.683. The molecule has 0 bridgehead atoms. The molecule has 1 amide bonds. The van der Waals surface area contributed by atoms with Crippen molar-refractivity contribution in [1.29, 1.82) is 0 Å². The van der Waals surface area contributed by atoms with Crippen molar-refractivity contribution in [3.63, 3.8) is 0 Å². The third-order valence-electron chi connectivity index (χ3n) is 2.29. The van der Waals surface area contributed by atoms with Crippen molar-refractivity contribution in [2.75, 3.05) is 6.61 Å². The molecule has 0 saturated heterocycles. The molecule has 1 atom stereocenters. The van der Waals surface area contributed by atoms with Crippen LogP contribution in [0.2, 0.25) is 0 Å². The summed E-state index contributed by atoms with van der Waals surface area (Å²) in [4.78, 5) is 11.4. The molecule has 3 heteroatoms. The molecule has 0 radical (unpaired) electrons. The maximum absolute atomic E-state index is 11.4. The van der Waals surface area contributed by atoms with Crippen LogP contribution >= 0.6 is 0 Å². The van der Waals surface area contributed by atoms with Crippen LogP contribution < -0.4 is 5.32 Å². The first kappa shape index (κ1) is 13.2. The predicted molar refractivity (Wildman–Crippen MR) is 58.0 cm³/mol. The molecule has 0 aliphatic heterocycles. The van der Waals surface area contributed by atoms with Crippen molar-refractivity contribution in [3.8, 4) is 0 Å². The lowest BCUT2D eigenvalue weighted by atomic mass is 9.95. The molecular weight excluding hydrogens is 178 g/mol. The Kier molecular flexibility index (Phi) is 5.46. The van der Waals surface area contributed by atoms with Crippen LogP contribution in [-0.2, 0) is 4.79 Å². The number of allylic oxidation sites excluding steroid dienone is 1. The maximum Gasteiger partial charge on any atom is 0.244 e. The van der Waals surface area contributed by atoms with Gasteiger partial charge >= 0.3 is 0 Å². The quantitative estimate of drug-likeness (QED) is 0.661. The SMILES string of the molecule is CCC(C)(CCO)NC(=O)C=C(C)C. The topological polar surface area (TPSA) is 49.3 Å². The van der Waals surface area contributed by atoms with Gasteiger partial charge in [-0.2, -0.15) is 0 Å². The van der Waals surface area contributed by atoms with Crippen LogP contribution in [0.3, 0.4) is 0 Å².